The molecule has 1 atom stereocenters. The van der Waals surface area contributed by atoms with Crippen molar-refractivity contribution in [2.45, 2.75) is 39.3 Å². The zero-order valence-electron chi connectivity index (χ0n) is 17.9. The fourth-order valence-electron chi connectivity index (χ4n) is 2.99. The number of ether oxygens (including phenoxy) is 3. The van der Waals surface area contributed by atoms with Crippen LogP contribution in [0.4, 0.5) is 0 Å². The largest absolute Gasteiger partial charge is 0.493 e. The van der Waals surface area contributed by atoms with Gasteiger partial charge in [0.1, 0.15) is 12.4 Å². The third-order valence-corrected chi connectivity index (χ3v) is 4.79. The van der Waals surface area contributed by atoms with Gasteiger partial charge >= 0.3 is 5.97 Å². The second kappa shape index (κ2) is 12.6. The standard InChI is InChI=1S/C24H31NO5/c1-18(2)22(25-17-26)14-19-10-11-21(23(15-19)29-13-7-12-28-3)16-30-24(27)20-8-5-4-6-9-20/h4-6,8-11,15,17-18,22H,7,12-14,16H2,1-3H3,(H,25,26). The monoisotopic (exact) mass is 413 g/mol. The van der Waals surface area contributed by atoms with E-state index in [1.807, 2.05) is 24.3 Å². The number of amides is 1. The van der Waals surface area contributed by atoms with Gasteiger partial charge in [-0.3, -0.25) is 4.79 Å². The molecule has 1 amide bonds. The average Bonchev–Trinajstić information content (AvgIpc) is 2.76. The smallest absolute Gasteiger partial charge is 0.338 e. The van der Waals surface area contributed by atoms with E-state index in [-0.39, 0.29) is 18.6 Å². The van der Waals surface area contributed by atoms with Gasteiger partial charge in [-0.2, -0.15) is 0 Å². The number of esters is 1. The molecule has 0 saturated heterocycles. The molecule has 1 unspecified atom stereocenters. The van der Waals surface area contributed by atoms with Crippen molar-refractivity contribution in [1.29, 1.82) is 0 Å². The van der Waals surface area contributed by atoms with Crippen molar-refractivity contribution < 1.29 is 23.8 Å². The number of carbonyl (C=O) groups is 2. The SMILES string of the molecule is COCCCOc1cc(CC(NC=O)C(C)C)ccc1COC(=O)c1ccccc1. The lowest BCUT2D eigenvalue weighted by atomic mass is 9.96. The lowest BCUT2D eigenvalue weighted by molar-refractivity contribution is -0.110. The molecule has 162 valence electrons. The second-order valence-corrected chi connectivity index (χ2v) is 7.42. The summed E-state index contributed by atoms with van der Waals surface area (Å²) in [7, 11) is 1.65. The summed E-state index contributed by atoms with van der Waals surface area (Å²) < 4.78 is 16.5. The molecule has 0 saturated carbocycles. The lowest BCUT2D eigenvalue weighted by Crippen LogP contribution is -2.34. The molecule has 2 aromatic rings. The maximum atomic E-state index is 12.3. The van der Waals surface area contributed by atoms with E-state index in [4.69, 9.17) is 14.2 Å². The van der Waals surface area contributed by atoms with Crippen LogP contribution in [0, 0.1) is 5.92 Å². The van der Waals surface area contributed by atoms with Gasteiger partial charge in [0.2, 0.25) is 6.41 Å². The zero-order chi connectivity index (χ0) is 21.8. The van der Waals surface area contributed by atoms with Crippen molar-refractivity contribution in [3.05, 3.63) is 65.2 Å². The van der Waals surface area contributed by atoms with Crippen molar-refractivity contribution in [2.75, 3.05) is 20.3 Å². The first kappa shape index (κ1) is 23.4. The van der Waals surface area contributed by atoms with Gasteiger partial charge in [-0.15, -0.1) is 0 Å². The Morgan fingerprint density at radius 1 is 1.10 bits per heavy atom. The van der Waals surface area contributed by atoms with Crippen molar-refractivity contribution >= 4 is 12.4 Å². The molecule has 0 aromatic heterocycles. The van der Waals surface area contributed by atoms with Crippen LogP contribution in [0.5, 0.6) is 5.75 Å². The third kappa shape index (κ3) is 7.52. The van der Waals surface area contributed by atoms with Crippen LogP contribution in [0.25, 0.3) is 0 Å². The molecule has 30 heavy (non-hydrogen) atoms. The van der Waals surface area contributed by atoms with Crippen molar-refractivity contribution in [3.63, 3.8) is 0 Å². The first-order valence-corrected chi connectivity index (χ1v) is 10.2. The minimum Gasteiger partial charge on any atom is -0.493 e. The van der Waals surface area contributed by atoms with Gasteiger partial charge in [0, 0.05) is 31.7 Å². The van der Waals surface area contributed by atoms with E-state index in [0.717, 1.165) is 24.0 Å². The molecule has 6 nitrogen and oxygen atoms in total. The first-order valence-electron chi connectivity index (χ1n) is 10.2. The van der Waals surface area contributed by atoms with Crippen LogP contribution in [-0.2, 0) is 27.3 Å². The molecule has 0 radical (unpaired) electrons. The van der Waals surface area contributed by atoms with Crippen LogP contribution in [0.1, 0.15) is 41.8 Å². The Bertz CT molecular complexity index is 791. The molecule has 1 N–H and O–H groups in total. The van der Waals surface area contributed by atoms with E-state index in [1.165, 1.54) is 0 Å². The Kier molecular flexibility index (Phi) is 9.87. The predicted octanol–water partition coefficient (Wildman–Crippen LogP) is 3.77. The summed E-state index contributed by atoms with van der Waals surface area (Å²) >= 11 is 0. The van der Waals surface area contributed by atoms with E-state index in [9.17, 15) is 9.59 Å². The molecule has 0 fully saturated rings. The van der Waals surface area contributed by atoms with E-state index in [2.05, 4.69) is 19.2 Å². The van der Waals surface area contributed by atoms with Crippen molar-refractivity contribution in [1.82, 2.24) is 5.32 Å². The van der Waals surface area contributed by atoms with Crippen LogP contribution >= 0.6 is 0 Å². The second-order valence-electron chi connectivity index (χ2n) is 7.42. The molecule has 6 heteroatoms. The molecule has 0 bridgehead atoms. The summed E-state index contributed by atoms with van der Waals surface area (Å²) in [6, 6.07) is 14.8. The van der Waals surface area contributed by atoms with Gasteiger partial charge in [-0.05, 0) is 36.1 Å². The van der Waals surface area contributed by atoms with Gasteiger partial charge in [-0.25, -0.2) is 4.79 Å². The van der Waals surface area contributed by atoms with Crippen LogP contribution in [-0.4, -0.2) is 38.7 Å². The highest BCUT2D eigenvalue weighted by molar-refractivity contribution is 5.89. The Hall–Kier alpha value is -2.86. The molecule has 2 rings (SSSR count). The number of hydrogen-bond acceptors (Lipinski definition) is 5. The Morgan fingerprint density at radius 3 is 2.53 bits per heavy atom. The number of carbonyl (C=O) groups excluding carboxylic acids is 2. The number of hydrogen-bond donors (Lipinski definition) is 1. The quantitative estimate of drug-likeness (QED) is 0.307. The third-order valence-electron chi connectivity index (χ3n) is 4.79. The molecule has 0 heterocycles. The lowest BCUT2D eigenvalue weighted by Gasteiger charge is -2.21. The maximum Gasteiger partial charge on any atom is 0.338 e. The predicted molar refractivity (Wildman–Crippen MR) is 116 cm³/mol. The van der Waals surface area contributed by atoms with Crippen molar-refractivity contribution in [2.24, 2.45) is 5.92 Å². The van der Waals surface area contributed by atoms with Crippen LogP contribution in [0.2, 0.25) is 0 Å². The topological polar surface area (TPSA) is 73.9 Å². The van der Waals surface area contributed by atoms with E-state index in [0.29, 0.717) is 36.9 Å². The molecular formula is C24H31NO5. The highest BCUT2D eigenvalue weighted by Crippen LogP contribution is 2.24. The number of rotatable bonds is 13. The summed E-state index contributed by atoms with van der Waals surface area (Å²) in [5, 5.41) is 2.88. The molecule has 0 aliphatic heterocycles. The molecular weight excluding hydrogens is 382 g/mol. The summed E-state index contributed by atoms with van der Waals surface area (Å²) in [6.07, 6.45) is 2.18. The summed E-state index contributed by atoms with van der Waals surface area (Å²) in [6.45, 7) is 5.36. The fourth-order valence-corrected chi connectivity index (χ4v) is 2.99. The van der Waals surface area contributed by atoms with Crippen molar-refractivity contribution in [3.8, 4) is 5.75 Å². The van der Waals surface area contributed by atoms with Gasteiger partial charge in [-0.1, -0.05) is 44.2 Å². The number of benzene rings is 2. The van der Waals surface area contributed by atoms with Gasteiger partial charge in [0.05, 0.1) is 12.2 Å². The average molecular weight is 414 g/mol. The number of nitrogens with one attached hydrogen (secondary N) is 1. The van der Waals surface area contributed by atoms with E-state index in [1.54, 1.807) is 31.4 Å². The molecule has 2 aromatic carbocycles. The van der Waals surface area contributed by atoms with Gasteiger partial charge in [0.15, 0.2) is 0 Å². The van der Waals surface area contributed by atoms with E-state index < -0.39 is 0 Å². The Balaban J connectivity index is 2.12. The summed E-state index contributed by atoms with van der Waals surface area (Å²) in [5.41, 5.74) is 2.35. The molecule has 0 aliphatic carbocycles. The van der Waals surface area contributed by atoms with Crippen LogP contribution < -0.4 is 10.1 Å². The minimum atomic E-state index is -0.375. The molecule has 0 spiro atoms. The highest BCUT2D eigenvalue weighted by Gasteiger charge is 2.15. The Labute approximate surface area is 178 Å². The van der Waals surface area contributed by atoms with Crippen LogP contribution in [0.3, 0.4) is 0 Å². The normalized spacial score (nSPS) is 11.7. The summed E-state index contributed by atoms with van der Waals surface area (Å²) in [4.78, 5) is 23.2. The highest BCUT2D eigenvalue weighted by atomic mass is 16.5. The first-order chi connectivity index (χ1) is 14.5. The summed E-state index contributed by atoms with van der Waals surface area (Å²) in [5.74, 6) is 0.603. The van der Waals surface area contributed by atoms with Crippen LogP contribution in [0.15, 0.2) is 48.5 Å². The van der Waals surface area contributed by atoms with E-state index >= 15 is 0 Å². The fraction of sp³-hybridized carbons (Fsp3) is 0.417. The van der Waals surface area contributed by atoms with Gasteiger partial charge < -0.3 is 19.5 Å². The van der Waals surface area contributed by atoms with Gasteiger partial charge in [0.25, 0.3) is 0 Å². The Morgan fingerprint density at radius 2 is 1.87 bits per heavy atom. The minimum absolute atomic E-state index is 0.0330. The molecule has 0 aliphatic rings. The maximum absolute atomic E-state index is 12.3. The number of methoxy groups -OCH3 is 1. The zero-order valence-corrected chi connectivity index (χ0v) is 17.9.